The fourth-order valence-electron chi connectivity index (χ4n) is 4.55. The predicted molar refractivity (Wildman–Crippen MR) is 116 cm³/mol. The second-order valence-electron chi connectivity index (χ2n) is 9.23. The molecule has 1 N–H and O–H groups in total. The summed E-state index contributed by atoms with van der Waals surface area (Å²) in [6, 6.07) is 4.84. The number of rotatable bonds is 7. The Balaban J connectivity index is 1.46. The summed E-state index contributed by atoms with van der Waals surface area (Å²) >= 11 is 0. The van der Waals surface area contributed by atoms with Gasteiger partial charge in [-0.2, -0.15) is 0 Å². The van der Waals surface area contributed by atoms with Gasteiger partial charge in [0.25, 0.3) is 5.91 Å². The number of carbonyl (C=O) groups is 4. The Morgan fingerprint density at radius 3 is 2.56 bits per heavy atom. The zero-order valence-electron chi connectivity index (χ0n) is 18.6. The van der Waals surface area contributed by atoms with Crippen molar-refractivity contribution >= 4 is 34.7 Å². The maximum absolute atomic E-state index is 12.9. The number of hydrogen-bond donors (Lipinski definition) is 1. The molecule has 2 aromatic rings. The monoisotopic (exact) mass is 440 g/mol. The number of aliphatic carboxylic acids is 1. The van der Waals surface area contributed by atoms with Gasteiger partial charge in [-0.1, -0.05) is 12.1 Å². The molecule has 2 heterocycles. The lowest BCUT2D eigenvalue weighted by Gasteiger charge is -2.22. The number of nitrogens with zero attached hydrogens (tertiary/aromatic N) is 2. The molecule has 1 saturated heterocycles. The molecule has 0 saturated carbocycles. The van der Waals surface area contributed by atoms with E-state index in [1.54, 1.807) is 33.0 Å². The van der Waals surface area contributed by atoms with Crippen LogP contribution in [0.25, 0.3) is 11.0 Å². The lowest BCUT2D eigenvalue weighted by atomic mass is 9.93. The van der Waals surface area contributed by atoms with Crippen molar-refractivity contribution in [3.63, 3.8) is 0 Å². The standard InChI is InChI=1S/C24H28N2O6/c1-24(2)22(30)26(23(31)25(24)3)11-10-15(21(28)29)12-18(27)14-8-9-17-16-6-4-5-7-19(16)32-20(17)13-14/h8-9,13,15H,4-7,10-12H2,1-3H3,(H,28,29)/t15-/m0/s1. The predicted octanol–water partition coefficient (Wildman–Crippen LogP) is 3.65. The number of fused-ring (bicyclic) bond motifs is 3. The molecule has 32 heavy (non-hydrogen) atoms. The van der Waals surface area contributed by atoms with E-state index in [1.807, 2.05) is 6.07 Å². The molecule has 1 aliphatic carbocycles. The van der Waals surface area contributed by atoms with Gasteiger partial charge in [-0.25, -0.2) is 4.79 Å². The van der Waals surface area contributed by atoms with Crippen LogP contribution in [0.15, 0.2) is 22.6 Å². The Morgan fingerprint density at radius 2 is 1.91 bits per heavy atom. The molecule has 8 nitrogen and oxygen atoms in total. The van der Waals surface area contributed by atoms with E-state index < -0.39 is 23.5 Å². The Labute approximate surface area is 186 Å². The normalized spacial score (nSPS) is 18.8. The van der Waals surface area contributed by atoms with Crippen molar-refractivity contribution in [2.45, 2.75) is 57.9 Å². The highest BCUT2D eigenvalue weighted by molar-refractivity contribution is 6.06. The number of furan rings is 1. The van der Waals surface area contributed by atoms with Crippen molar-refractivity contribution in [1.82, 2.24) is 9.80 Å². The van der Waals surface area contributed by atoms with Crippen molar-refractivity contribution in [2.24, 2.45) is 5.92 Å². The molecule has 0 bridgehead atoms. The minimum absolute atomic E-state index is 0.0137. The van der Waals surface area contributed by atoms with Crippen LogP contribution in [0.1, 0.15) is 61.2 Å². The fourth-order valence-corrected chi connectivity index (χ4v) is 4.55. The molecule has 2 aliphatic rings. The molecule has 170 valence electrons. The molecule has 4 rings (SSSR count). The molecule has 1 aromatic carbocycles. The number of carboxylic acids is 1. The molecular weight excluding hydrogens is 412 g/mol. The third-order valence-electron chi connectivity index (χ3n) is 6.89. The zero-order chi connectivity index (χ0) is 23.2. The third-order valence-corrected chi connectivity index (χ3v) is 6.89. The van der Waals surface area contributed by atoms with Gasteiger partial charge in [0.15, 0.2) is 5.78 Å². The lowest BCUT2D eigenvalue weighted by Crippen LogP contribution is -2.41. The number of ketones is 1. The van der Waals surface area contributed by atoms with E-state index in [0.29, 0.717) is 11.1 Å². The van der Waals surface area contributed by atoms with Crippen LogP contribution in [-0.2, 0) is 22.4 Å². The highest BCUT2D eigenvalue weighted by Crippen LogP contribution is 2.33. The third kappa shape index (κ3) is 3.67. The van der Waals surface area contributed by atoms with E-state index in [-0.39, 0.29) is 31.1 Å². The summed E-state index contributed by atoms with van der Waals surface area (Å²) in [6.45, 7) is 3.25. The van der Waals surface area contributed by atoms with Gasteiger partial charge in [-0.15, -0.1) is 0 Å². The summed E-state index contributed by atoms with van der Waals surface area (Å²) in [5.41, 5.74) is 1.31. The van der Waals surface area contributed by atoms with E-state index in [9.17, 15) is 24.3 Å². The second kappa shape index (κ2) is 8.07. The van der Waals surface area contributed by atoms with Crippen LogP contribution in [0.4, 0.5) is 4.79 Å². The maximum Gasteiger partial charge on any atom is 0.327 e. The zero-order valence-corrected chi connectivity index (χ0v) is 18.6. The number of carbonyl (C=O) groups excluding carboxylic acids is 3. The summed E-state index contributed by atoms with van der Waals surface area (Å²) in [6.07, 6.45) is 3.88. The number of Topliss-reactive ketones (excluding diaryl/α,β-unsaturated/α-hetero) is 1. The summed E-state index contributed by atoms with van der Waals surface area (Å²) < 4.78 is 5.95. The van der Waals surface area contributed by atoms with Crippen LogP contribution >= 0.6 is 0 Å². The Kier molecular flexibility index (Phi) is 5.56. The lowest BCUT2D eigenvalue weighted by molar-refractivity contribution is -0.142. The Bertz CT molecular complexity index is 1120. The van der Waals surface area contributed by atoms with E-state index >= 15 is 0 Å². The van der Waals surface area contributed by atoms with E-state index in [4.69, 9.17) is 4.42 Å². The fraction of sp³-hybridized carbons (Fsp3) is 0.500. The number of hydrogen-bond acceptors (Lipinski definition) is 5. The number of imide groups is 1. The molecule has 0 radical (unpaired) electrons. The number of urea groups is 1. The number of carboxylic acid groups (broad SMARTS) is 1. The molecule has 1 fully saturated rings. The van der Waals surface area contributed by atoms with Crippen molar-refractivity contribution < 1.29 is 28.7 Å². The summed E-state index contributed by atoms with van der Waals surface area (Å²) in [5, 5.41) is 10.7. The van der Waals surface area contributed by atoms with Crippen LogP contribution in [0.2, 0.25) is 0 Å². The largest absolute Gasteiger partial charge is 0.481 e. The first-order chi connectivity index (χ1) is 15.1. The van der Waals surface area contributed by atoms with Crippen LogP contribution in [0.5, 0.6) is 0 Å². The average molecular weight is 440 g/mol. The van der Waals surface area contributed by atoms with Crippen molar-refractivity contribution in [1.29, 1.82) is 0 Å². The molecule has 0 unspecified atom stereocenters. The maximum atomic E-state index is 12.9. The molecular formula is C24H28N2O6. The van der Waals surface area contributed by atoms with Gasteiger partial charge < -0.3 is 14.4 Å². The number of benzene rings is 1. The first-order valence-corrected chi connectivity index (χ1v) is 11.0. The molecule has 1 atom stereocenters. The topological polar surface area (TPSA) is 108 Å². The van der Waals surface area contributed by atoms with Gasteiger partial charge in [0.2, 0.25) is 0 Å². The highest BCUT2D eigenvalue weighted by atomic mass is 16.4. The molecule has 3 amide bonds. The Morgan fingerprint density at radius 1 is 1.19 bits per heavy atom. The van der Waals surface area contributed by atoms with Gasteiger partial charge >= 0.3 is 12.0 Å². The molecule has 0 spiro atoms. The van der Waals surface area contributed by atoms with Crippen LogP contribution in [0, 0.1) is 5.92 Å². The summed E-state index contributed by atoms with van der Waals surface area (Å²) in [7, 11) is 1.54. The molecule has 1 aromatic heterocycles. The number of aryl methyl sites for hydroxylation is 2. The highest BCUT2D eigenvalue weighted by Gasteiger charge is 2.49. The van der Waals surface area contributed by atoms with Crippen molar-refractivity contribution in [2.75, 3.05) is 13.6 Å². The van der Waals surface area contributed by atoms with E-state index in [1.165, 1.54) is 10.5 Å². The quantitative estimate of drug-likeness (QED) is 0.520. The van der Waals surface area contributed by atoms with E-state index in [0.717, 1.165) is 41.7 Å². The minimum atomic E-state index is -1.13. The second-order valence-corrected chi connectivity index (χ2v) is 9.23. The van der Waals surface area contributed by atoms with Gasteiger partial charge in [-0.05, 0) is 45.6 Å². The Hall–Kier alpha value is -3.16. The van der Waals surface area contributed by atoms with Gasteiger partial charge in [0.05, 0.1) is 5.92 Å². The van der Waals surface area contributed by atoms with Crippen molar-refractivity contribution in [3.8, 4) is 0 Å². The smallest absolute Gasteiger partial charge is 0.327 e. The van der Waals surface area contributed by atoms with Crippen molar-refractivity contribution in [3.05, 3.63) is 35.1 Å². The van der Waals surface area contributed by atoms with Gasteiger partial charge in [0.1, 0.15) is 16.9 Å². The van der Waals surface area contributed by atoms with E-state index in [2.05, 4.69) is 0 Å². The molecule has 1 aliphatic heterocycles. The van der Waals surface area contributed by atoms with Crippen LogP contribution < -0.4 is 0 Å². The van der Waals surface area contributed by atoms with Gasteiger partial charge in [-0.3, -0.25) is 19.3 Å². The number of likely N-dealkylation sites (N-methyl/N-ethyl adjacent to an activating group) is 1. The SMILES string of the molecule is CN1C(=O)N(CC[C@@H](CC(=O)c2ccc3c4c(oc3c2)CCCC4)C(=O)O)C(=O)C1(C)C. The van der Waals surface area contributed by atoms with Crippen LogP contribution in [-0.4, -0.2) is 57.7 Å². The van der Waals surface area contributed by atoms with Crippen LogP contribution in [0.3, 0.4) is 0 Å². The summed E-state index contributed by atoms with van der Waals surface area (Å²) in [4.78, 5) is 52.0. The first-order valence-electron chi connectivity index (χ1n) is 11.0. The minimum Gasteiger partial charge on any atom is -0.481 e. The average Bonchev–Trinajstić information content (AvgIpc) is 3.20. The van der Waals surface area contributed by atoms with Gasteiger partial charge in [0, 0.05) is 42.9 Å². The summed E-state index contributed by atoms with van der Waals surface area (Å²) in [5.74, 6) is -1.82. The first kappa shape index (κ1) is 22.0. The number of amides is 3. The molecule has 8 heteroatoms.